The number of hydrogen-bond acceptors (Lipinski definition) is 4. The van der Waals surface area contributed by atoms with Crippen LogP contribution in [0.4, 0.5) is 10.1 Å². The quantitative estimate of drug-likeness (QED) is 0.795. The van der Waals surface area contributed by atoms with Crippen molar-refractivity contribution >= 4 is 17.5 Å². The predicted octanol–water partition coefficient (Wildman–Crippen LogP) is 1.83. The minimum atomic E-state index is -0.369. The fourth-order valence-electron chi connectivity index (χ4n) is 3.84. The number of amides is 2. The van der Waals surface area contributed by atoms with Gasteiger partial charge in [-0.15, -0.1) is 0 Å². The topological polar surface area (TPSA) is 64.7 Å². The van der Waals surface area contributed by atoms with Gasteiger partial charge >= 0.3 is 0 Å². The molecule has 1 saturated carbocycles. The van der Waals surface area contributed by atoms with E-state index in [1.54, 1.807) is 12.1 Å². The minimum absolute atomic E-state index is 0.110. The lowest BCUT2D eigenvalue weighted by atomic mass is 10.2. The number of carbonyl (C=O) groups excluding carboxylic acids is 2. The molecule has 3 rings (SSSR count). The highest BCUT2D eigenvalue weighted by Gasteiger charge is 2.28. The average molecular weight is 376 g/mol. The molecule has 1 aliphatic carbocycles. The van der Waals surface area contributed by atoms with Crippen molar-refractivity contribution in [1.29, 1.82) is 0 Å². The van der Waals surface area contributed by atoms with Crippen LogP contribution in [0, 0.1) is 5.82 Å². The minimum Gasteiger partial charge on any atom is -0.352 e. The van der Waals surface area contributed by atoms with Crippen LogP contribution in [0.3, 0.4) is 0 Å². The van der Waals surface area contributed by atoms with Gasteiger partial charge in [0.25, 0.3) is 0 Å². The molecule has 1 saturated heterocycles. The number of rotatable bonds is 6. The maximum atomic E-state index is 13.2. The van der Waals surface area contributed by atoms with Crippen LogP contribution in [0.2, 0.25) is 0 Å². The molecule has 7 heteroatoms. The Bertz CT molecular complexity index is 655. The number of anilines is 1. The molecule has 1 heterocycles. The van der Waals surface area contributed by atoms with Gasteiger partial charge in [-0.1, -0.05) is 18.9 Å². The highest BCUT2D eigenvalue weighted by molar-refractivity contribution is 5.92. The summed E-state index contributed by atoms with van der Waals surface area (Å²) in [5, 5.41) is 5.89. The third kappa shape index (κ3) is 5.74. The Morgan fingerprint density at radius 3 is 2.56 bits per heavy atom. The Morgan fingerprint density at radius 2 is 1.89 bits per heavy atom. The monoisotopic (exact) mass is 376 g/mol. The summed E-state index contributed by atoms with van der Waals surface area (Å²) < 4.78 is 13.2. The van der Waals surface area contributed by atoms with Crippen molar-refractivity contribution in [2.24, 2.45) is 0 Å². The molecule has 1 aliphatic heterocycles. The summed E-state index contributed by atoms with van der Waals surface area (Å²) in [6.45, 7) is 5.21. The highest BCUT2D eigenvalue weighted by atomic mass is 19.1. The molecule has 2 amide bonds. The third-order valence-electron chi connectivity index (χ3n) is 5.51. The van der Waals surface area contributed by atoms with E-state index in [-0.39, 0.29) is 30.2 Å². The van der Waals surface area contributed by atoms with Gasteiger partial charge in [0.1, 0.15) is 5.82 Å². The van der Waals surface area contributed by atoms with Gasteiger partial charge in [-0.25, -0.2) is 4.39 Å². The summed E-state index contributed by atoms with van der Waals surface area (Å²) >= 11 is 0. The molecular weight excluding hydrogens is 347 g/mol. The third-order valence-corrected chi connectivity index (χ3v) is 5.51. The van der Waals surface area contributed by atoms with Crippen molar-refractivity contribution in [2.75, 3.05) is 38.0 Å². The Balaban J connectivity index is 1.40. The molecular formula is C20H29FN4O2. The van der Waals surface area contributed by atoms with Crippen LogP contribution in [-0.2, 0) is 9.59 Å². The summed E-state index contributed by atoms with van der Waals surface area (Å²) in [4.78, 5) is 28.8. The summed E-state index contributed by atoms with van der Waals surface area (Å²) in [6, 6.07) is 6.09. The Hall–Kier alpha value is -1.99. The molecule has 2 aliphatic rings. The first kappa shape index (κ1) is 19.8. The summed E-state index contributed by atoms with van der Waals surface area (Å²) in [7, 11) is 0. The second-order valence-electron chi connectivity index (χ2n) is 7.54. The number of hydrogen-bond donors (Lipinski definition) is 2. The zero-order valence-electron chi connectivity index (χ0n) is 15.9. The first-order chi connectivity index (χ1) is 13.0. The van der Waals surface area contributed by atoms with Crippen molar-refractivity contribution < 1.29 is 14.0 Å². The van der Waals surface area contributed by atoms with Crippen molar-refractivity contribution in [2.45, 2.75) is 44.7 Å². The molecule has 0 spiro atoms. The second-order valence-corrected chi connectivity index (χ2v) is 7.54. The van der Waals surface area contributed by atoms with Crippen LogP contribution in [-0.4, -0.2) is 66.4 Å². The molecule has 0 radical (unpaired) electrons. The fraction of sp³-hybridized carbons (Fsp3) is 0.600. The molecule has 2 N–H and O–H groups in total. The van der Waals surface area contributed by atoms with Gasteiger partial charge in [-0.05, 0) is 38.0 Å². The predicted molar refractivity (Wildman–Crippen MR) is 103 cm³/mol. The normalized spacial score (nSPS) is 20.4. The molecule has 6 nitrogen and oxygen atoms in total. The van der Waals surface area contributed by atoms with E-state index in [0.717, 1.165) is 39.0 Å². The highest BCUT2D eigenvalue weighted by Crippen LogP contribution is 2.18. The molecule has 1 aromatic carbocycles. The van der Waals surface area contributed by atoms with E-state index in [1.807, 2.05) is 6.92 Å². The van der Waals surface area contributed by atoms with Crippen LogP contribution in [0.15, 0.2) is 24.3 Å². The first-order valence-corrected chi connectivity index (χ1v) is 9.83. The number of benzene rings is 1. The largest absolute Gasteiger partial charge is 0.352 e. The second kappa shape index (κ2) is 9.28. The van der Waals surface area contributed by atoms with Crippen LogP contribution in [0.1, 0.15) is 32.6 Å². The molecule has 0 bridgehead atoms. The number of carbonyl (C=O) groups is 2. The molecule has 148 valence electrons. The zero-order chi connectivity index (χ0) is 19.2. The van der Waals surface area contributed by atoms with Crippen molar-refractivity contribution in [3.63, 3.8) is 0 Å². The van der Waals surface area contributed by atoms with Gasteiger partial charge in [0.15, 0.2) is 0 Å². The maximum Gasteiger partial charge on any atom is 0.238 e. The van der Waals surface area contributed by atoms with E-state index in [2.05, 4.69) is 20.4 Å². The number of nitrogens with zero attached hydrogens (tertiary/aromatic N) is 2. The lowest BCUT2D eigenvalue weighted by Gasteiger charge is -2.37. The Morgan fingerprint density at radius 1 is 1.19 bits per heavy atom. The van der Waals surface area contributed by atoms with Crippen molar-refractivity contribution in [3.05, 3.63) is 30.1 Å². The van der Waals surface area contributed by atoms with Crippen LogP contribution in [0.5, 0.6) is 0 Å². The smallest absolute Gasteiger partial charge is 0.238 e. The number of halogens is 1. The van der Waals surface area contributed by atoms with Crippen LogP contribution >= 0.6 is 0 Å². The number of nitrogens with one attached hydrogen (secondary N) is 2. The molecule has 27 heavy (non-hydrogen) atoms. The maximum absolute atomic E-state index is 13.2. The van der Waals surface area contributed by atoms with E-state index in [4.69, 9.17) is 0 Å². The van der Waals surface area contributed by atoms with E-state index in [1.165, 1.54) is 25.0 Å². The van der Waals surface area contributed by atoms with E-state index in [9.17, 15) is 14.0 Å². The molecule has 1 unspecified atom stereocenters. The average Bonchev–Trinajstić information content (AvgIpc) is 3.14. The summed E-state index contributed by atoms with van der Waals surface area (Å²) in [5.41, 5.74) is 0.468. The fourth-order valence-corrected chi connectivity index (χ4v) is 3.84. The van der Waals surface area contributed by atoms with Crippen LogP contribution in [0.25, 0.3) is 0 Å². The standard InChI is InChI=1S/C20H29FN4O2/c1-15(20(27)23-17-6-2-3-7-17)25-11-9-24(10-12-25)14-19(26)22-18-8-4-5-16(21)13-18/h4-5,8,13,15,17H,2-3,6-7,9-12,14H2,1H3,(H,22,26)(H,23,27). The molecule has 2 fully saturated rings. The van der Waals surface area contributed by atoms with E-state index in [0.29, 0.717) is 11.7 Å². The molecule has 1 aromatic rings. The zero-order valence-corrected chi connectivity index (χ0v) is 15.9. The number of piperazine rings is 1. The first-order valence-electron chi connectivity index (χ1n) is 9.83. The van der Waals surface area contributed by atoms with Crippen LogP contribution < -0.4 is 10.6 Å². The Labute approximate surface area is 160 Å². The van der Waals surface area contributed by atoms with Crippen molar-refractivity contribution in [1.82, 2.24) is 15.1 Å². The van der Waals surface area contributed by atoms with Crippen molar-refractivity contribution in [3.8, 4) is 0 Å². The lowest BCUT2D eigenvalue weighted by Crippen LogP contribution is -2.55. The lowest BCUT2D eigenvalue weighted by molar-refractivity contribution is -0.127. The van der Waals surface area contributed by atoms with Gasteiger partial charge in [0, 0.05) is 37.9 Å². The van der Waals surface area contributed by atoms with E-state index < -0.39 is 0 Å². The SMILES string of the molecule is CC(C(=O)NC1CCCC1)N1CCN(CC(=O)Nc2cccc(F)c2)CC1. The van der Waals surface area contributed by atoms with Gasteiger partial charge in [0.05, 0.1) is 12.6 Å². The molecule has 0 aromatic heterocycles. The molecule has 1 atom stereocenters. The van der Waals surface area contributed by atoms with Gasteiger partial charge in [0.2, 0.25) is 11.8 Å². The van der Waals surface area contributed by atoms with Gasteiger partial charge in [-0.3, -0.25) is 19.4 Å². The summed E-state index contributed by atoms with van der Waals surface area (Å²) in [6.07, 6.45) is 4.59. The Kier molecular flexibility index (Phi) is 6.79. The van der Waals surface area contributed by atoms with E-state index >= 15 is 0 Å². The van der Waals surface area contributed by atoms with Gasteiger partial charge in [-0.2, -0.15) is 0 Å². The summed E-state index contributed by atoms with van der Waals surface area (Å²) in [5.74, 6) is -0.411. The van der Waals surface area contributed by atoms with Gasteiger partial charge < -0.3 is 10.6 Å².